The van der Waals surface area contributed by atoms with Gasteiger partial charge in [-0.25, -0.2) is 4.98 Å². The molecule has 0 saturated heterocycles. The number of amides is 1. The van der Waals surface area contributed by atoms with Gasteiger partial charge in [0, 0.05) is 29.5 Å². The number of hydrogen-bond donors (Lipinski definition) is 1. The van der Waals surface area contributed by atoms with Crippen molar-refractivity contribution in [1.82, 2.24) is 4.98 Å². The van der Waals surface area contributed by atoms with E-state index in [1.807, 2.05) is 55.5 Å². The average molecular weight is 519 g/mol. The topological polar surface area (TPSA) is 73.6 Å². The molecule has 6 rings (SSSR count). The van der Waals surface area contributed by atoms with Crippen LogP contribution < -0.4 is 14.8 Å². The third-order valence-corrected chi connectivity index (χ3v) is 7.12. The first kappa shape index (κ1) is 24.7. The number of benzene rings is 4. The maximum absolute atomic E-state index is 13.2. The molecule has 1 aliphatic rings. The lowest BCUT2D eigenvalue weighted by Gasteiger charge is -2.25. The minimum Gasteiger partial charge on any atom is -0.496 e. The third-order valence-electron chi connectivity index (χ3n) is 7.12. The molecule has 196 valence electrons. The Morgan fingerprint density at radius 2 is 1.74 bits per heavy atom. The number of fused-ring (bicyclic) bond motifs is 2. The van der Waals surface area contributed by atoms with Crippen LogP contribution in [0.1, 0.15) is 39.5 Å². The van der Waals surface area contributed by atoms with Crippen molar-refractivity contribution in [3.05, 3.63) is 107 Å². The molecule has 1 atom stereocenters. The standard InChI is InChI=1S/C33H30N2O4/c1-20-14-23(29-26(16-20)35-32(38-29)22-10-6-5-7-11-22)18-33(3)19-24-15-21(2)17-27(30(24)39-33)34-31(36)25-12-8-9-13-28(25)37-4/h5-17H,18-19H2,1-4H3,(H,34,36). The van der Waals surface area contributed by atoms with Gasteiger partial charge in [0.1, 0.15) is 22.6 Å². The number of ether oxygens (including phenoxy) is 2. The number of oxazole rings is 1. The summed E-state index contributed by atoms with van der Waals surface area (Å²) in [6.07, 6.45) is 1.33. The quantitative estimate of drug-likeness (QED) is 0.255. The molecule has 4 aromatic carbocycles. The number of aromatic nitrogens is 1. The number of nitrogens with zero attached hydrogens (tertiary/aromatic N) is 1. The zero-order valence-corrected chi connectivity index (χ0v) is 22.5. The second-order valence-electron chi connectivity index (χ2n) is 10.5. The number of aryl methyl sites for hydroxylation is 2. The van der Waals surface area contributed by atoms with Crippen molar-refractivity contribution in [1.29, 1.82) is 0 Å². The molecule has 1 aromatic heterocycles. The summed E-state index contributed by atoms with van der Waals surface area (Å²) < 4.78 is 18.3. The highest BCUT2D eigenvalue weighted by Crippen LogP contribution is 2.44. The summed E-state index contributed by atoms with van der Waals surface area (Å²) in [4.78, 5) is 18.0. The summed E-state index contributed by atoms with van der Waals surface area (Å²) in [7, 11) is 1.56. The Morgan fingerprint density at radius 1 is 1.00 bits per heavy atom. The number of hydrogen-bond acceptors (Lipinski definition) is 5. The van der Waals surface area contributed by atoms with Crippen molar-refractivity contribution in [2.75, 3.05) is 12.4 Å². The molecule has 0 spiro atoms. The minimum atomic E-state index is -0.527. The molecule has 0 fully saturated rings. The van der Waals surface area contributed by atoms with E-state index in [9.17, 15) is 4.79 Å². The van der Waals surface area contributed by atoms with E-state index < -0.39 is 5.60 Å². The van der Waals surface area contributed by atoms with E-state index in [2.05, 4.69) is 37.4 Å². The Hall–Kier alpha value is -4.58. The molecule has 1 aliphatic heterocycles. The van der Waals surface area contributed by atoms with Gasteiger partial charge in [-0.15, -0.1) is 0 Å². The van der Waals surface area contributed by atoms with Crippen LogP contribution in [0, 0.1) is 13.8 Å². The Balaban J connectivity index is 1.31. The van der Waals surface area contributed by atoms with Crippen LogP contribution >= 0.6 is 0 Å². The second kappa shape index (κ2) is 9.62. The number of nitrogens with one attached hydrogen (secondary N) is 1. The molecule has 0 saturated carbocycles. The highest BCUT2D eigenvalue weighted by Gasteiger charge is 2.38. The lowest BCUT2D eigenvalue weighted by molar-refractivity contribution is 0.101. The zero-order chi connectivity index (χ0) is 27.1. The Labute approximate surface area is 227 Å². The second-order valence-corrected chi connectivity index (χ2v) is 10.5. The first-order valence-electron chi connectivity index (χ1n) is 13.0. The summed E-state index contributed by atoms with van der Waals surface area (Å²) >= 11 is 0. The molecule has 1 unspecified atom stereocenters. The highest BCUT2D eigenvalue weighted by molar-refractivity contribution is 6.07. The van der Waals surface area contributed by atoms with Gasteiger partial charge in [0.2, 0.25) is 5.89 Å². The molecule has 0 aliphatic carbocycles. The molecule has 39 heavy (non-hydrogen) atoms. The van der Waals surface area contributed by atoms with Crippen molar-refractivity contribution in [3.63, 3.8) is 0 Å². The minimum absolute atomic E-state index is 0.243. The fourth-order valence-electron chi connectivity index (χ4n) is 5.49. The van der Waals surface area contributed by atoms with E-state index >= 15 is 0 Å². The maximum Gasteiger partial charge on any atom is 0.259 e. The van der Waals surface area contributed by atoms with Crippen LogP contribution in [0.25, 0.3) is 22.6 Å². The van der Waals surface area contributed by atoms with Gasteiger partial charge in [-0.3, -0.25) is 4.79 Å². The molecular formula is C33H30N2O4. The van der Waals surface area contributed by atoms with Crippen molar-refractivity contribution in [2.24, 2.45) is 0 Å². The van der Waals surface area contributed by atoms with Gasteiger partial charge in [-0.1, -0.05) is 42.5 Å². The molecular weight excluding hydrogens is 488 g/mol. The number of rotatable bonds is 6. The van der Waals surface area contributed by atoms with E-state index in [1.165, 1.54) is 0 Å². The third kappa shape index (κ3) is 4.74. The normalized spacial score (nSPS) is 16.1. The number of methoxy groups -OCH3 is 1. The largest absolute Gasteiger partial charge is 0.496 e. The van der Waals surface area contributed by atoms with Crippen molar-refractivity contribution >= 4 is 22.7 Å². The lowest BCUT2D eigenvalue weighted by atomic mass is 9.90. The molecule has 6 heteroatoms. The summed E-state index contributed by atoms with van der Waals surface area (Å²) in [6, 6.07) is 25.4. The highest BCUT2D eigenvalue weighted by atomic mass is 16.5. The van der Waals surface area contributed by atoms with Crippen LogP contribution in [0.15, 0.2) is 83.3 Å². The van der Waals surface area contributed by atoms with Gasteiger partial charge < -0.3 is 19.2 Å². The van der Waals surface area contributed by atoms with Gasteiger partial charge in [-0.2, -0.15) is 0 Å². The molecule has 0 bridgehead atoms. The molecule has 2 heterocycles. The van der Waals surface area contributed by atoms with Crippen molar-refractivity contribution < 1.29 is 18.7 Å². The molecule has 6 nitrogen and oxygen atoms in total. The number of carbonyl (C=O) groups is 1. The smallest absolute Gasteiger partial charge is 0.259 e. The van der Waals surface area contributed by atoms with Gasteiger partial charge >= 0.3 is 0 Å². The first-order valence-corrected chi connectivity index (χ1v) is 13.0. The van der Waals surface area contributed by atoms with Crippen molar-refractivity contribution in [3.8, 4) is 23.0 Å². The SMILES string of the molecule is COc1ccccc1C(=O)Nc1cc(C)cc2c1OC(C)(Cc1cc(C)cc3nc(-c4ccccc4)oc13)C2. The van der Waals surface area contributed by atoms with E-state index in [4.69, 9.17) is 18.9 Å². The summed E-state index contributed by atoms with van der Waals surface area (Å²) in [5.74, 6) is 1.59. The van der Waals surface area contributed by atoms with E-state index in [-0.39, 0.29) is 5.91 Å². The van der Waals surface area contributed by atoms with E-state index in [1.54, 1.807) is 19.2 Å². The molecule has 1 amide bonds. The Bertz CT molecular complexity index is 1710. The first-order chi connectivity index (χ1) is 18.8. The lowest BCUT2D eigenvalue weighted by Crippen LogP contribution is -2.33. The predicted octanol–water partition coefficient (Wildman–Crippen LogP) is 7.31. The summed E-state index contributed by atoms with van der Waals surface area (Å²) in [5.41, 5.74) is 7.44. The van der Waals surface area contributed by atoms with Crippen LogP contribution in [-0.4, -0.2) is 23.6 Å². The maximum atomic E-state index is 13.2. The molecule has 0 radical (unpaired) electrons. The predicted molar refractivity (Wildman–Crippen MR) is 153 cm³/mol. The van der Waals surface area contributed by atoms with Gasteiger partial charge in [0.15, 0.2) is 5.58 Å². The van der Waals surface area contributed by atoms with Gasteiger partial charge in [0.25, 0.3) is 5.91 Å². The van der Waals surface area contributed by atoms with Crippen LogP contribution in [0.4, 0.5) is 5.69 Å². The van der Waals surface area contributed by atoms with Crippen LogP contribution in [0.5, 0.6) is 11.5 Å². The van der Waals surface area contributed by atoms with Crippen molar-refractivity contribution in [2.45, 2.75) is 39.2 Å². The number of anilines is 1. The van der Waals surface area contributed by atoms with Gasteiger partial charge in [-0.05, 0) is 68.3 Å². The fraction of sp³-hybridized carbons (Fsp3) is 0.212. The van der Waals surface area contributed by atoms with E-state index in [0.29, 0.717) is 41.5 Å². The number of para-hydroxylation sites is 1. The Kier molecular flexibility index (Phi) is 6.10. The zero-order valence-electron chi connectivity index (χ0n) is 22.5. The summed E-state index contributed by atoms with van der Waals surface area (Å²) in [5, 5.41) is 3.06. The number of carbonyl (C=O) groups excluding carboxylic acids is 1. The van der Waals surface area contributed by atoms with Crippen LogP contribution in [0.3, 0.4) is 0 Å². The van der Waals surface area contributed by atoms with E-state index in [0.717, 1.165) is 38.9 Å². The Morgan fingerprint density at radius 3 is 2.54 bits per heavy atom. The van der Waals surface area contributed by atoms with Gasteiger partial charge in [0.05, 0.1) is 18.4 Å². The monoisotopic (exact) mass is 518 g/mol. The van der Waals surface area contributed by atoms with Crippen LogP contribution in [0.2, 0.25) is 0 Å². The molecule has 1 N–H and O–H groups in total. The fourth-order valence-corrected chi connectivity index (χ4v) is 5.49. The summed E-state index contributed by atoms with van der Waals surface area (Å²) in [6.45, 7) is 6.20. The average Bonchev–Trinajstić information content (AvgIpc) is 3.50. The molecule has 5 aromatic rings. The van der Waals surface area contributed by atoms with Crippen LogP contribution in [-0.2, 0) is 12.8 Å².